The summed E-state index contributed by atoms with van der Waals surface area (Å²) in [5, 5.41) is 19.8. The highest BCUT2D eigenvalue weighted by molar-refractivity contribution is 6.32. The number of rotatable bonds is 8. The lowest BCUT2D eigenvalue weighted by Crippen LogP contribution is -2.29. The summed E-state index contributed by atoms with van der Waals surface area (Å²) < 4.78 is 6.94. The van der Waals surface area contributed by atoms with E-state index in [9.17, 15) is 9.90 Å². The van der Waals surface area contributed by atoms with Crippen LogP contribution in [0, 0.1) is 0 Å². The smallest absolute Gasteiger partial charge is 0.323 e. The molecule has 1 atom stereocenters. The van der Waals surface area contributed by atoms with Crippen molar-refractivity contribution in [3.63, 3.8) is 0 Å². The van der Waals surface area contributed by atoms with Gasteiger partial charge >= 0.3 is 6.03 Å². The number of likely N-dealkylation sites (N-methyl/N-ethyl adjacent to an activating group) is 1. The number of aliphatic hydroxyl groups is 1. The van der Waals surface area contributed by atoms with Crippen LogP contribution in [0.15, 0.2) is 30.6 Å². The first-order valence-corrected chi connectivity index (χ1v) is 8.60. The molecule has 1 unspecified atom stereocenters. The summed E-state index contributed by atoms with van der Waals surface area (Å²) in [6, 6.07) is 4.61. The molecular weight excluding hydrogens is 358 g/mol. The summed E-state index contributed by atoms with van der Waals surface area (Å²) in [6.45, 7) is 3.26. The normalized spacial score (nSPS) is 12.1. The fourth-order valence-electron chi connectivity index (χ4n) is 2.37. The van der Waals surface area contributed by atoms with Gasteiger partial charge in [-0.15, -0.1) is 0 Å². The van der Waals surface area contributed by atoms with E-state index < -0.39 is 12.1 Å². The highest BCUT2D eigenvalue weighted by Crippen LogP contribution is 2.27. The van der Waals surface area contributed by atoms with Crippen LogP contribution in [0.5, 0.6) is 5.75 Å². The molecule has 1 heterocycles. The Kier molecular flexibility index (Phi) is 7.26. The largest absolute Gasteiger partial charge is 0.492 e. The molecule has 2 aromatic rings. The molecule has 26 heavy (non-hydrogen) atoms. The zero-order valence-electron chi connectivity index (χ0n) is 15.1. The molecule has 2 amide bonds. The number of nitrogens with zero attached hydrogens (tertiary/aromatic N) is 3. The number of aromatic nitrogens is 2. The van der Waals surface area contributed by atoms with Crippen molar-refractivity contribution in [2.24, 2.45) is 0 Å². The molecule has 2 rings (SSSR count). The van der Waals surface area contributed by atoms with E-state index in [-0.39, 0.29) is 0 Å². The average molecular weight is 382 g/mol. The van der Waals surface area contributed by atoms with Gasteiger partial charge in [-0.2, -0.15) is 5.10 Å². The molecule has 0 spiro atoms. The van der Waals surface area contributed by atoms with Gasteiger partial charge in [-0.25, -0.2) is 4.79 Å². The van der Waals surface area contributed by atoms with Crippen LogP contribution in [0.4, 0.5) is 16.2 Å². The van der Waals surface area contributed by atoms with E-state index in [4.69, 9.17) is 16.3 Å². The molecule has 0 saturated carbocycles. The van der Waals surface area contributed by atoms with Gasteiger partial charge in [0.2, 0.25) is 0 Å². The lowest BCUT2D eigenvalue weighted by molar-refractivity contribution is 0.116. The number of hydrogen-bond acceptors (Lipinski definition) is 5. The predicted octanol–water partition coefficient (Wildman–Crippen LogP) is 2.50. The highest BCUT2D eigenvalue weighted by Gasteiger charge is 2.10. The van der Waals surface area contributed by atoms with Crippen molar-refractivity contribution in [2.75, 3.05) is 37.9 Å². The van der Waals surface area contributed by atoms with Gasteiger partial charge in [0.05, 0.1) is 36.2 Å². The summed E-state index contributed by atoms with van der Waals surface area (Å²) in [4.78, 5) is 14.0. The van der Waals surface area contributed by atoms with Crippen molar-refractivity contribution in [3.05, 3.63) is 35.6 Å². The van der Waals surface area contributed by atoms with E-state index in [1.807, 2.05) is 25.9 Å². The van der Waals surface area contributed by atoms with E-state index in [0.29, 0.717) is 41.8 Å². The fourth-order valence-corrected chi connectivity index (χ4v) is 2.60. The second kappa shape index (κ2) is 9.42. The van der Waals surface area contributed by atoms with E-state index in [2.05, 4.69) is 15.7 Å². The third-order valence-electron chi connectivity index (χ3n) is 3.35. The molecule has 142 valence electrons. The Morgan fingerprint density at radius 3 is 2.77 bits per heavy atom. The van der Waals surface area contributed by atoms with Crippen LogP contribution < -0.4 is 15.4 Å². The molecule has 0 aliphatic heterocycles. The number of ether oxygens (including phenoxy) is 1. The number of hydrogen-bond donors (Lipinski definition) is 3. The lowest BCUT2D eigenvalue weighted by Gasteiger charge is -2.15. The van der Waals surface area contributed by atoms with Crippen LogP contribution in [0.25, 0.3) is 0 Å². The highest BCUT2D eigenvalue weighted by atomic mass is 35.5. The van der Waals surface area contributed by atoms with E-state index in [1.54, 1.807) is 29.1 Å². The SMILES string of the molecule is CCOc1ccc(NC(=O)Nc2cnn(CC(O)CN(C)C)c2)cc1Cl. The molecule has 8 nitrogen and oxygen atoms in total. The molecule has 9 heteroatoms. The van der Waals surface area contributed by atoms with Crippen molar-refractivity contribution >= 4 is 29.0 Å². The third-order valence-corrected chi connectivity index (χ3v) is 3.65. The second-order valence-electron chi connectivity index (χ2n) is 6.02. The van der Waals surface area contributed by atoms with Crippen LogP contribution in [-0.2, 0) is 6.54 Å². The van der Waals surface area contributed by atoms with Gasteiger partial charge in [-0.1, -0.05) is 11.6 Å². The van der Waals surface area contributed by atoms with Gasteiger partial charge in [0.25, 0.3) is 0 Å². The van der Waals surface area contributed by atoms with Crippen molar-refractivity contribution in [3.8, 4) is 5.75 Å². The zero-order valence-corrected chi connectivity index (χ0v) is 15.8. The fraction of sp³-hybridized carbons (Fsp3) is 0.412. The number of amides is 2. The van der Waals surface area contributed by atoms with Gasteiger partial charge in [0, 0.05) is 18.4 Å². The summed E-state index contributed by atoms with van der Waals surface area (Å²) in [7, 11) is 3.77. The van der Waals surface area contributed by atoms with Gasteiger partial charge in [-0.05, 0) is 39.2 Å². The Morgan fingerprint density at radius 1 is 1.38 bits per heavy atom. The molecule has 3 N–H and O–H groups in total. The average Bonchev–Trinajstić information content (AvgIpc) is 2.96. The zero-order chi connectivity index (χ0) is 19.1. The van der Waals surface area contributed by atoms with Crippen molar-refractivity contribution in [1.82, 2.24) is 14.7 Å². The minimum Gasteiger partial charge on any atom is -0.492 e. The summed E-state index contributed by atoms with van der Waals surface area (Å²) >= 11 is 6.10. The Labute approximate surface area is 157 Å². The predicted molar refractivity (Wildman–Crippen MR) is 102 cm³/mol. The summed E-state index contributed by atoms with van der Waals surface area (Å²) in [6.07, 6.45) is 2.63. The quantitative estimate of drug-likeness (QED) is 0.653. The molecule has 0 fully saturated rings. The molecule has 0 aliphatic carbocycles. The molecule has 0 radical (unpaired) electrons. The number of carbonyl (C=O) groups excluding carboxylic acids is 1. The van der Waals surface area contributed by atoms with E-state index >= 15 is 0 Å². The first-order chi connectivity index (χ1) is 12.4. The Balaban J connectivity index is 1.89. The topological polar surface area (TPSA) is 91.7 Å². The molecular formula is C17H24ClN5O3. The Bertz CT molecular complexity index is 735. The molecule has 0 saturated heterocycles. The summed E-state index contributed by atoms with van der Waals surface area (Å²) in [5.74, 6) is 0.567. The number of halogens is 1. The molecule has 0 bridgehead atoms. The first kappa shape index (κ1) is 20.0. The van der Waals surface area contributed by atoms with Gasteiger partial charge in [-0.3, -0.25) is 4.68 Å². The minimum absolute atomic E-state index is 0.343. The first-order valence-electron chi connectivity index (χ1n) is 8.23. The van der Waals surface area contributed by atoms with Crippen LogP contribution in [0.1, 0.15) is 6.92 Å². The maximum Gasteiger partial charge on any atom is 0.323 e. The van der Waals surface area contributed by atoms with E-state index in [0.717, 1.165) is 0 Å². The monoisotopic (exact) mass is 381 g/mol. The second-order valence-corrected chi connectivity index (χ2v) is 6.43. The molecule has 1 aromatic carbocycles. The maximum atomic E-state index is 12.1. The maximum absolute atomic E-state index is 12.1. The molecule has 1 aromatic heterocycles. The van der Waals surface area contributed by atoms with Crippen molar-refractivity contribution in [2.45, 2.75) is 19.6 Å². The van der Waals surface area contributed by atoms with Crippen LogP contribution in [-0.4, -0.2) is 59.2 Å². The van der Waals surface area contributed by atoms with Gasteiger partial charge in [0.1, 0.15) is 5.75 Å². The van der Waals surface area contributed by atoms with Crippen LogP contribution in [0.3, 0.4) is 0 Å². The minimum atomic E-state index is -0.544. The number of aliphatic hydroxyl groups excluding tert-OH is 1. The van der Waals surface area contributed by atoms with Crippen molar-refractivity contribution < 1.29 is 14.6 Å². The lowest BCUT2D eigenvalue weighted by atomic mass is 10.3. The number of urea groups is 1. The Hall–Kier alpha value is -2.29. The van der Waals surface area contributed by atoms with Crippen LogP contribution in [0.2, 0.25) is 5.02 Å². The van der Waals surface area contributed by atoms with Crippen molar-refractivity contribution in [1.29, 1.82) is 0 Å². The number of carbonyl (C=O) groups is 1. The Morgan fingerprint density at radius 2 is 2.12 bits per heavy atom. The van der Waals surface area contributed by atoms with Gasteiger partial charge in [0.15, 0.2) is 0 Å². The van der Waals surface area contributed by atoms with Gasteiger partial charge < -0.3 is 25.4 Å². The van der Waals surface area contributed by atoms with Crippen LogP contribution >= 0.6 is 11.6 Å². The number of benzene rings is 1. The summed E-state index contributed by atoms with van der Waals surface area (Å²) in [5.41, 5.74) is 1.07. The van der Waals surface area contributed by atoms with E-state index in [1.165, 1.54) is 6.20 Å². The standard InChI is InChI=1S/C17H24ClN5O3/c1-4-26-16-6-5-12(7-15(16)18)20-17(25)21-13-8-19-23(9-13)11-14(24)10-22(2)3/h5-9,14,24H,4,10-11H2,1-3H3,(H2,20,21,25). The third kappa shape index (κ3) is 6.21. The number of anilines is 2. The number of nitrogens with one attached hydrogen (secondary N) is 2. The molecule has 0 aliphatic rings.